The second-order valence-corrected chi connectivity index (χ2v) is 4.67. The predicted molar refractivity (Wildman–Crippen MR) is 67.3 cm³/mol. The van der Waals surface area contributed by atoms with Gasteiger partial charge in [0.1, 0.15) is 0 Å². The van der Waals surface area contributed by atoms with Gasteiger partial charge in [-0.1, -0.05) is 0 Å². The first kappa shape index (κ1) is 12.2. The van der Waals surface area contributed by atoms with Gasteiger partial charge in [-0.15, -0.1) is 0 Å². The standard InChI is InChI=1S/C13H20N2O2/c1-3-15-10(2)8-12(16)13(17)11(15)9-14-6-4-5-7-14/h8,17H,3-7,9H2,1-2H3. The number of nitrogens with zero attached hydrogens (tertiary/aromatic N) is 2. The molecule has 0 radical (unpaired) electrons. The Morgan fingerprint density at radius 2 is 2.00 bits per heavy atom. The molecule has 0 aliphatic carbocycles. The second kappa shape index (κ2) is 4.92. The Morgan fingerprint density at radius 1 is 1.35 bits per heavy atom. The predicted octanol–water partition coefficient (Wildman–Crippen LogP) is 1.48. The summed E-state index contributed by atoms with van der Waals surface area (Å²) < 4.78 is 2.02. The molecule has 1 aromatic heterocycles. The molecule has 0 bridgehead atoms. The molecule has 94 valence electrons. The molecule has 1 saturated heterocycles. The molecule has 1 fully saturated rings. The fraction of sp³-hybridized carbons (Fsp3) is 0.615. The fourth-order valence-corrected chi connectivity index (χ4v) is 2.57. The van der Waals surface area contributed by atoms with Crippen molar-refractivity contribution in [2.24, 2.45) is 0 Å². The Balaban J connectivity index is 2.38. The minimum atomic E-state index is -0.263. The molecule has 17 heavy (non-hydrogen) atoms. The molecule has 2 heterocycles. The van der Waals surface area contributed by atoms with E-state index in [9.17, 15) is 9.90 Å². The van der Waals surface area contributed by atoms with Crippen LogP contribution >= 0.6 is 0 Å². The second-order valence-electron chi connectivity index (χ2n) is 4.67. The number of aromatic hydroxyl groups is 1. The van der Waals surface area contributed by atoms with Crippen LogP contribution in [0.3, 0.4) is 0 Å². The van der Waals surface area contributed by atoms with E-state index in [0.29, 0.717) is 6.54 Å². The maximum absolute atomic E-state index is 11.6. The van der Waals surface area contributed by atoms with Crippen molar-refractivity contribution in [1.29, 1.82) is 0 Å². The van der Waals surface area contributed by atoms with Gasteiger partial charge >= 0.3 is 0 Å². The highest BCUT2D eigenvalue weighted by atomic mass is 16.3. The van der Waals surface area contributed by atoms with Crippen molar-refractivity contribution in [3.63, 3.8) is 0 Å². The lowest BCUT2D eigenvalue weighted by atomic mass is 10.2. The van der Waals surface area contributed by atoms with E-state index in [1.165, 1.54) is 18.9 Å². The Hall–Kier alpha value is -1.29. The highest BCUT2D eigenvalue weighted by molar-refractivity contribution is 5.29. The molecule has 1 aromatic rings. The van der Waals surface area contributed by atoms with Crippen LogP contribution in [0.4, 0.5) is 0 Å². The highest BCUT2D eigenvalue weighted by Gasteiger charge is 2.18. The minimum Gasteiger partial charge on any atom is -0.503 e. The number of pyridine rings is 1. The SMILES string of the molecule is CCn1c(C)cc(=O)c(O)c1CN1CCCC1. The molecule has 4 heteroatoms. The number of aromatic nitrogens is 1. The van der Waals surface area contributed by atoms with E-state index >= 15 is 0 Å². The molecular weight excluding hydrogens is 216 g/mol. The van der Waals surface area contributed by atoms with E-state index in [1.54, 1.807) is 0 Å². The Bertz CT molecular complexity index is 459. The zero-order valence-corrected chi connectivity index (χ0v) is 10.6. The molecular formula is C13H20N2O2. The molecule has 1 N–H and O–H groups in total. The fourth-order valence-electron chi connectivity index (χ4n) is 2.57. The minimum absolute atomic E-state index is 0.0793. The van der Waals surface area contributed by atoms with Gasteiger partial charge in [0.2, 0.25) is 5.43 Å². The van der Waals surface area contributed by atoms with Crippen LogP contribution in [-0.2, 0) is 13.1 Å². The molecule has 0 unspecified atom stereocenters. The summed E-state index contributed by atoms with van der Waals surface area (Å²) in [6, 6.07) is 1.51. The summed E-state index contributed by atoms with van der Waals surface area (Å²) >= 11 is 0. The zero-order valence-electron chi connectivity index (χ0n) is 10.6. The molecule has 4 nitrogen and oxygen atoms in total. The summed E-state index contributed by atoms with van der Waals surface area (Å²) in [5.74, 6) is -0.0793. The van der Waals surface area contributed by atoms with Crippen molar-refractivity contribution >= 4 is 0 Å². The van der Waals surface area contributed by atoms with E-state index in [4.69, 9.17) is 0 Å². The quantitative estimate of drug-likeness (QED) is 0.864. The summed E-state index contributed by atoms with van der Waals surface area (Å²) in [5, 5.41) is 9.93. The van der Waals surface area contributed by atoms with Gasteiger partial charge in [0, 0.05) is 24.8 Å². The molecule has 0 aromatic carbocycles. The van der Waals surface area contributed by atoms with E-state index < -0.39 is 0 Å². The van der Waals surface area contributed by atoms with Crippen LogP contribution in [0.5, 0.6) is 5.75 Å². The largest absolute Gasteiger partial charge is 0.503 e. The first-order chi connectivity index (χ1) is 8.13. The van der Waals surface area contributed by atoms with Crippen molar-refractivity contribution < 1.29 is 5.11 Å². The van der Waals surface area contributed by atoms with E-state index in [-0.39, 0.29) is 11.2 Å². The number of rotatable bonds is 3. The number of hydrogen-bond acceptors (Lipinski definition) is 3. The maximum Gasteiger partial charge on any atom is 0.223 e. The zero-order chi connectivity index (χ0) is 12.4. The lowest BCUT2D eigenvalue weighted by molar-refractivity contribution is 0.309. The highest BCUT2D eigenvalue weighted by Crippen LogP contribution is 2.19. The molecule has 2 rings (SSSR count). The van der Waals surface area contributed by atoms with Crippen molar-refractivity contribution in [2.45, 2.75) is 39.8 Å². The van der Waals surface area contributed by atoms with Gasteiger partial charge in [-0.2, -0.15) is 0 Å². The van der Waals surface area contributed by atoms with Gasteiger partial charge in [0.05, 0.1) is 5.69 Å². The van der Waals surface area contributed by atoms with Gasteiger partial charge < -0.3 is 9.67 Å². The Morgan fingerprint density at radius 3 is 2.59 bits per heavy atom. The average Bonchev–Trinajstić information content (AvgIpc) is 2.78. The van der Waals surface area contributed by atoms with Gasteiger partial charge in [0.25, 0.3) is 0 Å². The normalized spacial score (nSPS) is 16.6. The van der Waals surface area contributed by atoms with E-state index in [2.05, 4.69) is 4.90 Å². The third-order valence-corrected chi connectivity index (χ3v) is 3.49. The first-order valence-corrected chi connectivity index (χ1v) is 6.28. The summed E-state index contributed by atoms with van der Waals surface area (Å²) in [5.41, 5.74) is 1.42. The van der Waals surface area contributed by atoms with E-state index in [0.717, 1.165) is 31.0 Å². The molecule has 0 atom stereocenters. The van der Waals surface area contributed by atoms with E-state index in [1.807, 2.05) is 18.4 Å². The van der Waals surface area contributed by atoms with Gasteiger partial charge in [0.15, 0.2) is 5.75 Å². The van der Waals surface area contributed by atoms with Crippen LogP contribution in [0, 0.1) is 6.92 Å². The number of likely N-dealkylation sites (tertiary alicyclic amines) is 1. The van der Waals surface area contributed by atoms with Crippen LogP contribution in [-0.4, -0.2) is 27.7 Å². The van der Waals surface area contributed by atoms with Gasteiger partial charge in [-0.3, -0.25) is 9.69 Å². The summed E-state index contributed by atoms with van der Waals surface area (Å²) in [6.07, 6.45) is 2.42. The number of aryl methyl sites for hydroxylation is 1. The lowest BCUT2D eigenvalue weighted by Gasteiger charge is -2.21. The summed E-state index contributed by atoms with van der Waals surface area (Å²) in [7, 11) is 0. The van der Waals surface area contributed by atoms with Crippen molar-refractivity contribution in [3.8, 4) is 5.75 Å². The van der Waals surface area contributed by atoms with Crippen LogP contribution in [0.25, 0.3) is 0 Å². The molecule has 0 saturated carbocycles. The summed E-state index contributed by atoms with van der Waals surface area (Å²) in [4.78, 5) is 13.9. The maximum atomic E-state index is 11.6. The van der Waals surface area contributed by atoms with Gasteiger partial charge in [-0.05, 0) is 39.8 Å². The Labute approximate surface area is 101 Å². The molecule has 0 amide bonds. The average molecular weight is 236 g/mol. The van der Waals surface area contributed by atoms with Crippen molar-refractivity contribution in [3.05, 3.63) is 27.7 Å². The molecule has 1 aliphatic heterocycles. The van der Waals surface area contributed by atoms with Gasteiger partial charge in [-0.25, -0.2) is 0 Å². The Kier molecular flexibility index (Phi) is 3.52. The van der Waals surface area contributed by atoms with Crippen LogP contribution in [0.1, 0.15) is 31.2 Å². The monoisotopic (exact) mass is 236 g/mol. The lowest BCUT2D eigenvalue weighted by Crippen LogP contribution is -2.24. The summed E-state index contributed by atoms with van der Waals surface area (Å²) in [6.45, 7) is 7.53. The smallest absolute Gasteiger partial charge is 0.223 e. The third kappa shape index (κ3) is 2.36. The molecule has 1 aliphatic rings. The van der Waals surface area contributed by atoms with Crippen LogP contribution in [0.2, 0.25) is 0 Å². The van der Waals surface area contributed by atoms with Crippen LogP contribution in [0.15, 0.2) is 10.9 Å². The van der Waals surface area contributed by atoms with Crippen LogP contribution < -0.4 is 5.43 Å². The first-order valence-electron chi connectivity index (χ1n) is 6.28. The topological polar surface area (TPSA) is 45.5 Å². The van der Waals surface area contributed by atoms with Crippen molar-refractivity contribution in [2.75, 3.05) is 13.1 Å². The third-order valence-electron chi connectivity index (χ3n) is 3.49. The van der Waals surface area contributed by atoms with Crippen molar-refractivity contribution in [1.82, 2.24) is 9.47 Å². The molecule has 0 spiro atoms. The number of hydrogen-bond donors (Lipinski definition) is 1.